The summed E-state index contributed by atoms with van der Waals surface area (Å²) >= 11 is 0. The zero-order valence-electron chi connectivity index (χ0n) is 2.99. The van der Waals surface area contributed by atoms with Gasteiger partial charge in [-0.25, -0.2) is 0 Å². The molecular formula is BaLaSnSrTi. The van der Waals surface area contributed by atoms with Crippen molar-refractivity contribution in [3.8, 4) is 0 Å². The van der Waals surface area contributed by atoms with Crippen molar-refractivity contribution in [3.63, 3.8) is 0 Å². The van der Waals surface area contributed by atoms with Crippen molar-refractivity contribution in [2.24, 2.45) is 0 Å². The molecule has 0 atom stereocenters. The number of hydrogen-bond acceptors (Lipinski definition) is 0. The Bertz CT molecular complexity index is 11.6. The Kier molecular flexibility index (Phi) is 139. The molecule has 0 spiro atoms. The minimum Gasteiger partial charge on any atom is 0 e. The van der Waals surface area contributed by atoms with Crippen molar-refractivity contribution < 1.29 is 57.3 Å². The standard InChI is InChI=1S/Ba.La.Sn.Sr.Ti. The van der Waals surface area contributed by atoms with Gasteiger partial charge >= 0.3 is 0 Å². The average molecular weight is 530 g/mol. The van der Waals surface area contributed by atoms with Gasteiger partial charge in [-0.1, -0.05) is 0 Å². The van der Waals surface area contributed by atoms with Crippen LogP contribution < -0.4 is 0 Å². The minimum atomic E-state index is 0. The Balaban J connectivity index is 0. The summed E-state index contributed by atoms with van der Waals surface area (Å²) in [5.74, 6) is 0. The molecule has 0 saturated carbocycles. The Hall–Kier alpha value is 5.76. The van der Waals surface area contributed by atoms with E-state index in [0.717, 1.165) is 0 Å². The van der Waals surface area contributed by atoms with Gasteiger partial charge in [0, 0.05) is 176 Å². The molecule has 0 heterocycles. The van der Waals surface area contributed by atoms with Gasteiger partial charge in [0.25, 0.3) is 0 Å². The first-order chi connectivity index (χ1) is 0. The predicted molar refractivity (Wildman–Crippen MR) is 17.3 cm³/mol. The summed E-state index contributed by atoms with van der Waals surface area (Å²) in [7, 11) is 0. The van der Waals surface area contributed by atoms with Crippen molar-refractivity contribution in [2.75, 3.05) is 0 Å². The Morgan fingerprint density at radius 3 is 1.00 bits per heavy atom. The third kappa shape index (κ3) is 17.7. The Morgan fingerprint density at radius 1 is 1.00 bits per heavy atom. The van der Waals surface area contributed by atoms with Crippen molar-refractivity contribution in [3.05, 3.63) is 0 Å². The van der Waals surface area contributed by atoms with Gasteiger partial charge < -0.3 is 0 Å². The van der Waals surface area contributed by atoms with E-state index >= 15 is 0 Å². The monoisotopic (exact) mass is 533 g/mol. The molecule has 0 rings (SSSR count). The quantitative estimate of drug-likeness (QED) is 0.348. The van der Waals surface area contributed by atoms with Crippen molar-refractivity contribution in [1.29, 1.82) is 0 Å². The van der Waals surface area contributed by atoms with E-state index in [0.29, 0.717) is 0 Å². The van der Waals surface area contributed by atoms with E-state index in [1.807, 2.05) is 0 Å². The maximum absolute atomic E-state index is 0. The van der Waals surface area contributed by atoms with E-state index in [1.165, 1.54) is 0 Å². The summed E-state index contributed by atoms with van der Waals surface area (Å²) in [4.78, 5) is 0. The van der Waals surface area contributed by atoms with Gasteiger partial charge in [-0.05, 0) is 0 Å². The molecule has 0 aromatic carbocycles. The second-order valence-corrected chi connectivity index (χ2v) is 0. The molecule has 0 fully saturated rings. The van der Waals surface area contributed by atoms with Crippen molar-refractivity contribution in [1.82, 2.24) is 0 Å². The molecule has 0 aromatic rings. The van der Waals surface area contributed by atoms with Gasteiger partial charge in [-0.15, -0.1) is 0 Å². The summed E-state index contributed by atoms with van der Waals surface area (Å²) in [5, 5.41) is 0. The molecule has 0 aliphatic rings. The topological polar surface area (TPSA) is 0 Å². The van der Waals surface area contributed by atoms with Crippen LogP contribution in [0.1, 0.15) is 0 Å². The molecular weight excluding hydrogens is 530 g/mol. The second-order valence-electron chi connectivity index (χ2n) is 0. The molecule has 15 valence electrons. The largest absolute Gasteiger partial charge is 0 e. The van der Waals surface area contributed by atoms with E-state index < -0.39 is 0 Å². The van der Waals surface area contributed by atoms with Crippen molar-refractivity contribution in [2.45, 2.75) is 0 Å². The smallest absolute Gasteiger partial charge is 0 e. The van der Waals surface area contributed by atoms with E-state index in [9.17, 15) is 0 Å². The minimum absolute atomic E-state index is 0. The third-order valence-electron chi connectivity index (χ3n) is 0. The van der Waals surface area contributed by atoms with Crippen LogP contribution in [0.2, 0.25) is 0 Å². The van der Waals surface area contributed by atoms with E-state index in [1.54, 1.807) is 0 Å². The second kappa shape index (κ2) is 22.6. The summed E-state index contributed by atoms with van der Waals surface area (Å²) < 4.78 is 0. The van der Waals surface area contributed by atoms with Crippen LogP contribution in [0.4, 0.5) is 0 Å². The van der Waals surface area contributed by atoms with E-state index in [2.05, 4.69) is 0 Å². The first kappa shape index (κ1) is 30.9. The maximum Gasteiger partial charge on any atom is 0 e. The van der Waals surface area contributed by atoms with Gasteiger partial charge in [0.2, 0.25) is 0 Å². The molecule has 5 heteroatoms. The molecule has 0 N–H and O–H groups in total. The van der Waals surface area contributed by atoms with Gasteiger partial charge in [-0.2, -0.15) is 0 Å². The molecule has 0 unspecified atom stereocenters. The fourth-order valence-electron chi connectivity index (χ4n) is 0. The molecule has 0 aliphatic carbocycles. The summed E-state index contributed by atoms with van der Waals surface area (Å²) in [6.07, 6.45) is 0. The fraction of sp³-hybridized carbons (Fsp3) is 0. The summed E-state index contributed by atoms with van der Waals surface area (Å²) in [6, 6.07) is 0. The molecule has 0 nitrogen and oxygen atoms in total. The molecule has 9 radical (unpaired) electrons. The van der Waals surface area contributed by atoms with Crippen LogP contribution in [-0.4, -0.2) is 118 Å². The fourth-order valence-corrected chi connectivity index (χ4v) is 0. The Labute approximate surface area is 170 Å². The zero-order valence-corrected chi connectivity index (χ0v) is 18.9. The summed E-state index contributed by atoms with van der Waals surface area (Å²) in [5.41, 5.74) is 0. The molecule has 0 saturated heterocycles. The Morgan fingerprint density at radius 2 is 1.00 bits per heavy atom. The van der Waals surface area contributed by atoms with Crippen LogP contribution >= 0.6 is 0 Å². The van der Waals surface area contributed by atoms with Crippen LogP contribution in [0.25, 0.3) is 0 Å². The first-order valence-corrected chi connectivity index (χ1v) is 0. The van der Waals surface area contributed by atoms with Crippen LogP contribution in [0.15, 0.2) is 0 Å². The van der Waals surface area contributed by atoms with E-state index in [4.69, 9.17) is 0 Å². The van der Waals surface area contributed by atoms with Crippen LogP contribution in [0.5, 0.6) is 0 Å². The normalized spacial score (nSPS) is 0. The first-order valence-electron chi connectivity index (χ1n) is 0. The van der Waals surface area contributed by atoms with Gasteiger partial charge in [0.1, 0.15) is 0 Å². The maximum atomic E-state index is 0. The third-order valence-corrected chi connectivity index (χ3v) is 0. The van der Waals surface area contributed by atoms with Crippen LogP contribution in [0, 0.1) is 35.6 Å². The number of hydrogen-bond donors (Lipinski definition) is 0. The molecule has 0 aromatic heterocycles. The molecule has 0 aliphatic heterocycles. The summed E-state index contributed by atoms with van der Waals surface area (Å²) in [6.45, 7) is 0. The zero-order chi connectivity index (χ0) is 0. The van der Waals surface area contributed by atoms with Crippen LogP contribution in [-0.2, 0) is 21.7 Å². The van der Waals surface area contributed by atoms with Crippen molar-refractivity contribution >= 4 is 118 Å². The molecule has 0 amide bonds. The average Bonchev–Trinajstić information content (AvgIpc) is 0. The predicted octanol–water partition coefficient (Wildman–Crippen LogP) is -1.14. The van der Waals surface area contributed by atoms with Gasteiger partial charge in [0.05, 0.1) is 0 Å². The number of rotatable bonds is 0. The van der Waals surface area contributed by atoms with E-state index in [-0.39, 0.29) is 176 Å². The molecule has 5 heavy (non-hydrogen) atoms. The van der Waals surface area contributed by atoms with Gasteiger partial charge in [-0.3, -0.25) is 0 Å². The molecule has 0 bridgehead atoms. The SMILES string of the molecule is [Ba].[La].[Sn].[Sr].[Ti]. The van der Waals surface area contributed by atoms with Gasteiger partial charge in [0.15, 0.2) is 0 Å². The van der Waals surface area contributed by atoms with Crippen LogP contribution in [0.3, 0.4) is 0 Å².